The van der Waals surface area contributed by atoms with Crippen molar-refractivity contribution in [2.45, 2.75) is 13.8 Å². The zero-order valence-corrected chi connectivity index (χ0v) is 10.1. The molecule has 2 aromatic rings. The number of ether oxygens (including phenoxy) is 1. The van der Waals surface area contributed by atoms with E-state index in [1.54, 1.807) is 16.8 Å². The third-order valence-electron chi connectivity index (χ3n) is 2.66. The number of aryl methyl sites for hydroxylation is 2. The summed E-state index contributed by atoms with van der Waals surface area (Å²) in [5, 5.41) is 13.3. The molecule has 4 nitrogen and oxygen atoms in total. The van der Waals surface area contributed by atoms with E-state index in [0.717, 1.165) is 17.1 Å². The molecule has 0 radical (unpaired) electrons. The second kappa shape index (κ2) is 4.30. The van der Waals surface area contributed by atoms with Gasteiger partial charge in [-0.05, 0) is 26.0 Å². The van der Waals surface area contributed by atoms with Gasteiger partial charge in [0.05, 0.1) is 11.3 Å². The summed E-state index contributed by atoms with van der Waals surface area (Å²) in [6, 6.07) is 9.28. The maximum absolute atomic E-state index is 8.99. The van der Waals surface area contributed by atoms with Crippen LogP contribution in [-0.2, 0) is 7.05 Å². The van der Waals surface area contributed by atoms with Crippen LogP contribution in [0.3, 0.4) is 0 Å². The first-order valence-corrected chi connectivity index (χ1v) is 5.30. The van der Waals surface area contributed by atoms with Gasteiger partial charge in [0, 0.05) is 7.05 Å². The summed E-state index contributed by atoms with van der Waals surface area (Å²) in [6.07, 6.45) is 0. The van der Waals surface area contributed by atoms with E-state index >= 15 is 0 Å². The van der Waals surface area contributed by atoms with Gasteiger partial charge in [-0.25, -0.2) is 0 Å². The Kier molecular flexibility index (Phi) is 2.84. The molecule has 0 N–H and O–H groups in total. The Morgan fingerprint density at radius 3 is 2.59 bits per heavy atom. The second-order valence-electron chi connectivity index (χ2n) is 3.83. The van der Waals surface area contributed by atoms with Gasteiger partial charge in [-0.2, -0.15) is 10.4 Å². The van der Waals surface area contributed by atoms with E-state index in [1.165, 1.54) is 0 Å². The van der Waals surface area contributed by atoms with Crippen LogP contribution in [-0.4, -0.2) is 9.78 Å². The minimum absolute atomic E-state index is 0.523. The van der Waals surface area contributed by atoms with Crippen molar-refractivity contribution in [1.82, 2.24) is 9.78 Å². The number of para-hydroxylation sites is 1. The van der Waals surface area contributed by atoms with Crippen LogP contribution in [0.15, 0.2) is 24.3 Å². The van der Waals surface area contributed by atoms with Crippen molar-refractivity contribution in [3.63, 3.8) is 0 Å². The fourth-order valence-electron chi connectivity index (χ4n) is 1.66. The molecule has 1 aromatic heterocycles. The molecule has 0 unspecified atom stereocenters. The fourth-order valence-corrected chi connectivity index (χ4v) is 1.66. The van der Waals surface area contributed by atoms with E-state index in [4.69, 9.17) is 10.00 Å². The monoisotopic (exact) mass is 227 g/mol. The van der Waals surface area contributed by atoms with E-state index in [1.807, 2.05) is 33.0 Å². The van der Waals surface area contributed by atoms with Gasteiger partial charge in [-0.1, -0.05) is 12.1 Å². The smallest absolute Gasteiger partial charge is 0.171 e. The first-order valence-electron chi connectivity index (χ1n) is 5.30. The molecule has 0 aliphatic carbocycles. The van der Waals surface area contributed by atoms with E-state index in [2.05, 4.69) is 11.2 Å². The van der Waals surface area contributed by atoms with Crippen molar-refractivity contribution >= 4 is 0 Å². The Morgan fingerprint density at radius 1 is 1.29 bits per heavy atom. The molecule has 2 rings (SSSR count). The Morgan fingerprint density at radius 2 is 2.00 bits per heavy atom. The molecule has 0 atom stereocenters. The van der Waals surface area contributed by atoms with Crippen LogP contribution in [0.2, 0.25) is 0 Å². The third-order valence-corrected chi connectivity index (χ3v) is 2.66. The van der Waals surface area contributed by atoms with E-state index in [0.29, 0.717) is 11.3 Å². The normalized spacial score (nSPS) is 10.0. The Balaban J connectivity index is 2.42. The summed E-state index contributed by atoms with van der Waals surface area (Å²) in [6.45, 7) is 3.82. The number of hydrogen-bond donors (Lipinski definition) is 0. The molecular formula is C13H13N3O. The highest BCUT2D eigenvalue weighted by molar-refractivity contribution is 5.46. The minimum atomic E-state index is 0.523. The largest absolute Gasteiger partial charge is 0.452 e. The van der Waals surface area contributed by atoms with E-state index in [9.17, 15) is 0 Å². The quantitative estimate of drug-likeness (QED) is 0.792. The summed E-state index contributed by atoms with van der Waals surface area (Å²) in [4.78, 5) is 0. The summed E-state index contributed by atoms with van der Waals surface area (Å²) < 4.78 is 7.54. The van der Waals surface area contributed by atoms with Gasteiger partial charge >= 0.3 is 0 Å². The molecule has 1 heterocycles. The van der Waals surface area contributed by atoms with Gasteiger partial charge in [0.15, 0.2) is 5.75 Å². The van der Waals surface area contributed by atoms with Crippen molar-refractivity contribution in [3.05, 3.63) is 41.2 Å². The topological polar surface area (TPSA) is 50.8 Å². The van der Waals surface area contributed by atoms with Gasteiger partial charge in [0.1, 0.15) is 17.5 Å². The number of nitriles is 1. The lowest BCUT2D eigenvalue weighted by atomic mass is 10.2. The molecule has 0 fully saturated rings. The van der Waals surface area contributed by atoms with Crippen LogP contribution < -0.4 is 4.74 Å². The second-order valence-corrected chi connectivity index (χ2v) is 3.83. The molecule has 0 saturated carbocycles. The lowest BCUT2D eigenvalue weighted by Gasteiger charge is -2.07. The highest BCUT2D eigenvalue weighted by Gasteiger charge is 2.13. The number of hydrogen-bond acceptors (Lipinski definition) is 3. The highest BCUT2D eigenvalue weighted by atomic mass is 16.5. The lowest BCUT2D eigenvalue weighted by molar-refractivity contribution is 0.472. The number of rotatable bonds is 2. The van der Waals surface area contributed by atoms with Crippen molar-refractivity contribution in [2.75, 3.05) is 0 Å². The fraction of sp³-hybridized carbons (Fsp3) is 0.231. The number of nitrogens with zero attached hydrogens (tertiary/aromatic N) is 3. The molecule has 0 bridgehead atoms. The van der Waals surface area contributed by atoms with Crippen LogP contribution in [0.5, 0.6) is 11.5 Å². The Labute approximate surface area is 100 Å². The minimum Gasteiger partial charge on any atom is -0.452 e. The number of benzene rings is 1. The maximum atomic E-state index is 8.99. The molecule has 0 aliphatic rings. The Hall–Kier alpha value is -2.28. The maximum Gasteiger partial charge on any atom is 0.171 e. The molecule has 0 saturated heterocycles. The Bertz CT molecular complexity index is 593. The SMILES string of the molecule is Cc1nn(C)c(C)c1Oc1ccccc1C#N. The average Bonchev–Trinajstić information content (AvgIpc) is 2.57. The van der Waals surface area contributed by atoms with Crippen molar-refractivity contribution in [2.24, 2.45) is 7.05 Å². The zero-order valence-electron chi connectivity index (χ0n) is 10.1. The molecule has 1 aromatic carbocycles. The van der Waals surface area contributed by atoms with Crippen LogP contribution in [0.1, 0.15) is 17.0 Å². The van der Waals surface area contributed by atoms with Crippen LogP contribution in [0.25, 0.3) is 0 Å². The van der Waals surface area contributed by atoms with Gasteiger partial charge in [0.2, 0.25) is 0 Å². The summed E-state index contributed by atoms with van der Waals surface area (Å²) in [5.74, 6) is 1.28. The lowest BCUT2D eigenvalue weighted by Crippen LogP contribution is -1.93. The van der Waals surface area contributed by atoms with Crippen LogP contribution in [0, 0.1) is 25.2 Å². The molecule has 86 valence electrons. The molecule has 0 spiro atoms. The zero-order chi connectivity index (χ0) is 12.4. The first-order chi connectivity index (χ1) is 8.13. The molecule has 4 heteroatoms. The van der Waals surface area contributed by atoms with Gasteiger partial charge < -0.3 is 4.74 Å². The van der Waals surface area contributed by atoms with Crippen LogP contribution in [0.4, 0.5) is 0 Å². The average molecular weight is 227 g/mol. The highest BCUT2D eigenvalue weighted by Crippen LogP contribution is 2.29. The van der Waals surface area contributed by atoms with Crippen LogP contribution >= 0.6 is 0 Å². The predicted octanol–water partition coefficient (Wildman–Crippen LogP) is 2.70. The summed E-state index contributed by atoms with van der Waals surface area (Å²) in [5.41, 5.74) is 2.28. The molecule has 17 heavy (non-hydrogen) atoms. The third kappa shape index (κ3) is 2.00. The molecular weight excluding hydrogens is 214 g/mol. The van der Waals surface area contributed by atoms with Gasteiger partial charge in [-0.3, -0.25) is 4.68 Å². The van der Waals surface area contributed by atoms with Gasteiger partial charge in [-0.15, -0.1) is 0 Å². The van der Waals surface area contributed by atoms with Crippen molar-refractivity contribution < 1.29 is 4.74 Å². The molecule has 0 amide bonds. The predicted molar refractivity (Wildman–Crippen MR) is 63.9 cm³/mol. The van der Waals surface area contributed by atoms with Gasteiger partial charge in [0.25, 0.3) is 0 Å². The summed E-state index contributed by atoms with van der Waals surface area (Å²) in [7, 11) is 1.87. The van der Waals surface area contributed by atoms with E-state index in [-0.39, 0.29) is 0 Å². The summed E-state index contributed by atoms with van der Waals surface area (Å²) >= 11 is 0. The van der Waals surface area contributed by atoms with Crippen molar-refractivity contribution in [3.8, 4) is 17.6 Å². The standard InChI is InChI=1S/C13H13N3O/c1-9-13(10(2)16(3)15-9)17-12-7-5-4-6-11(12)8-14/h4-7H,1-3H3. The number of aromatic nitrogens is 2. The van der Waals surface area contributed by atoms with E-state index < -0.39 is 0 Å². The first kappa shape index (κ1) is 11.2. The van der Waals surface area contributed by atoms with Crippen molar-refractivity contribution in [1.29, 1.82) is 5.26 Å². The molecule has 0 aliphatic heterocycles.